The lowest BCUT2D eigenvalue weighted by Gasteiger charge is -2.31. The Morgan fingerprint density at radius 3 is 2.40 bits per heavy atom. The monoisotopic (exact) mass is 432 g/mol. The predicted octanol–water partition coefficient (Wildman–Crippen LogP) is 5.33. The minimum Gasteiger partial charge on any atom is -0.339 e. The first-order valence-corrected chi connectivity index (χ1v) is 11.1. The van der Waals surface area contributed by atoms with Gasteiger partial charge in [-0.25, -0.2) is 4.98 Å². The van der Waals surface area contributed by atoms with Crippen molar-refractivity contribution in [3.05, 3.63) is 59.3 Å². The summed E-state index contributed by atoms with van der Waals surface area (Å²) in [7, 11) is 0. The van der Waals surface area contributed by atoms with Gasteiger partial charge in [-0.2, -0.15) is 8.78 Å². The van der Waals surface area contributed by atoms with E-state index in [1.165, 1.54) is 17.8 Å². The van der Waals surface area contributed by atoms with E-state index in [0.29, 0.717) is 37.4 Å². The zero-order chi connectivity index (χ0) is 21.7. The Kier molecular flexibility index (Phi) is 7.58. The number of pyridine rings is 1. The molecule has 2 aromatic rings. The van der Waals surface area contributed by atoms with Crippen LogP contribution >= 0.6 is 11.8 Å². The van der Waals surface area contributed by atoms with Gasteiger partial charge in [0.1, 0.15) is 5.03 Å². The van der Waals surface area contributed by atoms with Crippen LogP contribution in [0, 0.1) is 11.8 Å². The number of Topliss-reactive ketones (excluding diaryl/α,β-unsaturated/α-hetero) is 1. The van der Waals surface area contributed by atoms with Crippen LogP contribution in [0.25, 0.3) is 0 Å². The molecule has 0 bridgehead atoms. The summed E-state index contributed by atoms with van der Waals surface area (Å²) in [5.41, 5.74) is 2.11. The van der Waals surface area contributed by atoms with Crippen molar-refractivity contribution in [2.75, 3.05) is 13.1 Å². The molecule has 1 aliphatic heterocycles. The lowest BCUT2D eigenvalue weighted by Crippen LogP contribution is -2.40. The highest BCUT2D eigenvalue weighted by Gasteiger charge is 2.29. The number of rotatable bonds is 7. The summed E-state index contributed by atoms with van der Waals surface area (Å²) < 4.78 is 25.5. The quantitative estimate of drug-likeness (QED) is 0.438. The largest absolute Gasteiger partial charge is 0.339 e. The number of halogens is 2. The fourth-order valence-corrected chi connectivity index (χ4v) is 4.33. The number of alkyl halides is 2. The average Bonchev–Trinajstić information content (AvgIpc) is 2.73. The minimum absolute atomic E-state index is 0.0391. The molecule has 1 amide bonds. The third-order valence-electron chi connectivity index (χ3n) is 5.24. The molecule has 0 radical (unpaired) electrons. The summed E-state index contributed by atoms with van der Waals surface area (Å²) in [6, 6.07) is 10.9. The first-order chi connectivity index (χ1) is 14.3. The van der Waals surface area contributed by atoms with E-state index in [1.54, 1.807) is 11.0 Å². The molecular formula is C23H26F2N2O2S. The van der Waals surface area contributed by atoms with Crippen molar-refractivity contribution in [1.82, 2.24) is 9.88 Å². The van der Waals surface area contributed by atoms with Gasteiger partial charge < -0.3 is 4.90 Å². The third-order valence-corrected chi connectivity index (χ3v) is 5.96. The van der Waals surface area contributed by atoms with Crippen molar-refractivity contribution in [2.24, 2.45) is 11.8 Å². The van der Waals surface area contributed by atoms with Gasteiger partial charge >= 0.3 is 0 Å². The molecule has 7 heteroatoms. The van der Waals surface area contributed by atoms with Gasteiger partial charge in [-0.3, -0.25) is 9.59 Å². The van der Waals surface area contributed by atoms with Crippen molar-refractivity contribution >= 4 is 23.5 Å². The smallest absolute Gasteiger partial charge is 0.290 e. The maximum absolute atomic E-state index is 12.9. The number of amides is 1. The fourth-order valence-electron chi connectivity index (χ4n) is 3.76. The number of hydrogen-bond acceptors (Lipinski definition) is 4. The number of hydrogen-bond donors (Lipinski definition) is 0. The summed E-state index contributed by atoms with van der Waals surface area (Å²) >= 11 is 0.279. The van der Waals surface area contributed by atoms with Crippen molar-refractivity contribution in [3.8, 4) is 0 Å². The number of aromatic nitrogens is 1. The van der Waals surface area contributed by atoms with Gasteiger partial charge in [-0.1, -0.05) is 38.1 Å². The normalized spacial score (nSPS) is 15.1. The Morgan fingerprint density at radius 1 is 1.13 bits per heavy atom. The number of thioether (sulfide) groups is 1. The number of carbonyl (C=O) groups is 2. The molecule has 160 valence electrons. The molecule has 0 spiro atoms. The van der Waals surface area contributed by atoms with Crippen LogP contribution in [0.1, 0.15) is 53.0 Å². The van der Waals surface area contributed by atoms with E-state index >= 15 is 0 Å². The molecule has 30 heavy (non-hydrogen) atoms. The third kappa shape index (κ3) is 5.65. The lowest BCUT2D eigenvalue weighted by atomic mass is 9.88. The minimum atomic E-state index is -2.64. The van der Waals surface area contributed by atoms with E-state index in [4.69, 9.17) is 0 Å². The van der Waals surface area contributed by atoms with Crippen molar-refractivity contribution < 1.29 is 18.4 Å². The van der Waals surface area contributed by atoms with E-state index in [0.717, 1.165) is 6.42 Å². The molecular weight excluding hydrogens is 406 g/mol. The lowest BCUT2D eigenvalue weighted by molar-refractivity contribution is 0.0647. The molecule has 0 N–H and O–H groups in total. The average molecular weight is 433 g/mol. The highest BCUT2D eigenvalue weighted by Crippen LogP contribution is 2.29. The van der Waals surface area contributed by atoms with Gasteiger partial charge in [0.05, 0.1) is 5.56 Å². The van der Waals surface area contributed by atoms with Gasteiger partial charge in [-0.05, 0) is 54.6 Å². The van der Waals surface area contributed by atoms with Crippen LogP contribution in [0.3, 0.4) is 0 Å². The Morgan fingerprint density at radius 2 is 1.80 bits per heavy atom. The van der Waals surface area contributed by atoms with Gasteiger partial charge in [0.15, 0.2) is 5.78 Å². The molecule has 4 nitrogen and oxygen atoms in total. The van der Waals surface area contributed by atoms with Crippen molar-refractivity contribution in [1.29, 1.82) is 0 Å². The molecule has 0 unspecified atom stereocenters. The van der Waals surface area contributed by atoms with Gasteiger partial charge in [0, 0.05) is 30.8 Å². The Balaban J connectivity index is 1.61. The van der Waals surface area contributed by atoms with Crippen molar-refractivity contribution in [2.45, 2.75) is 43.9 Å². The van der Waals surface area contributed by atoms with Crippen LogP contribution in [0.5, 0.6) is 0 Å². The maximum Gasteiger partial charge on any atom is 0.290 e. The molecule has 0 saturated carbocycles. The Labute approximate surface area is 180 Å². The molecule has 1 aromatic carbocycles. The van der Waals surface area contributed by atoms with Crippen LogP contribution in [0.15, 0.2) is 47.6 Å². The fraction of sp³-hybridized carbons (Fsp3) is 0.435. The Bertz CT molecular complexity index is 879. The number of ketones is 1. The molecule has 3 rings (SSSR count). The first kappa shape index (κ1) is 22.4. The van der Waals surface area contributed by atoms with Crippen molar-refractivity contribution in [3.63, 3.8) is 0 Å². The summed E-state index contributed by atoms with van der Waals surface area (Å²) in [5, 5.41) is 0.0391. The topological polar surface area (TPSA) is 50.3 Å². The maximum atomic E-state index is 12.9. The van der Waals surface area contributed by atoms with E-state index in [9.17, 15) is 18.4 Å². The molecule has 1 saturated heterocycles. The molecule has 1 aromatic heterocycles. The summed E-state index contributed by atoms with van der Waals surface area (Å²) in [6.07, 6.45) is 3.51. The van der Waals surface area contributed by atoms with E-state index in [2.05, 4.69) is 18.8 Å². The second-order valence-electron chi connectivity index (χ2n) is 7.96. The Hall–Kier alpha value is -2.28. The molecule has 1 aliphatic rings. The number of carbonyl (C=O) groups excluding carboxylic acids is 2. The number of piperidine rings is 1. The molecule has 0 aliphatic carbocycles. The second kappa shape index (κ2) is 10.2. The summed E-state index contributed by atoms with van der Waals surface area (Å²) in [6.45, 7) is 5.17. The van der Waals surface area contributed by atoms with Gasteiger partial charge in [0.2, 0.25) is 0 Å². The van der Waals surface area contributed by atoms with Crippen LogP contribution in [0.4, 0.5) is 8.78 Å². The summed E-state index contributed by atoms with van der Waals surface area (Å²) in [5.74, 6) is -2.41. The summed E-state index contributed by atoms with van der Waals surface area (Å²) in [4.78, 5) is 31.2. The standard InChI is InChI=1S/C23H26F2N2O2S/c1-15(2)14-16-5-7-17(8-6-16)20(28)18-9-12-27(13-10-18)22(29)19-4-3-11-26-21(19)30-23(24)25/h3-8,11,15,18,23H,9-10,12-14H2,1-2H3. The van der Waals surface area contributed by atoms with Crippen LogP contribution in [0.2, 0.25) is 0 Å². The predicted molar refractivity (Wildman–Crippen MR) is 114 cm³/mol. The van der Waals surface area contributed by atoms with E-state index < -0.39 is 5.76 Å². The molecule has 2 heterocycles. The van der Waals surface area contributed by atoms with Crippen LogP contribution in [-0.4, -0.2) is 40.4 Å². The van der Waals surface area contributed by atoms with Crippen LogP contribution in [-0.2, 0) is 6.42 Å². The van der Waals surface area contributed by atoms with E-state index in [1.807, 2.05) is 24.3 Å². The SMILES string of the molecule is CC(C)Cc1ccc(C(=O)C2CCN(C(=O)c3cccnc3SC(F)F)CC2)cc1. The zero-order valence-electron chi connectivity index (χ0n) is 17.2. The number of benzene rings is 1. The van der Waals surface area contributed by atoms with E-state index in [-0.39, 0.29) is 40.0 Å². The number of likely N-dealkylation sites (tertiary alicyclic amines) is 1. The molecule has 0 atom stereocenters. The second-order valence-corrected chi connectivity index (χ2v) is 8.94. The van der Waals surface area contributed by atoms with Gasteiger partial charge in [-0.15, -0.1) is 0 Å². The number of nitrogens with zero attached hydrogens (tertiary/aromatic N) is 2. The first-order valence-electron chi connectivity index (χ1n) is 10.2. The van der Waals surface area contributed by atoms with Crippen LogP contribution < -0.4 is 0 Å². The molecule has 1 fully saturated rings. The highest BCUT2D eigenvalue weighted by atomic mass is 32.2. The zero-order valence-corrected chi connectivity index (χ0v) is 18.0. The van der Waals surface area contributed by atoms with Gasteiger partial charge in [0.25, 0.3) is 11.7 Å². The highest BCUT2D eigenvalue weighted by molar-refractivity contribution is 7.99.